The second-order valence-corrected chi connectivity index (χ2v) is 6.02. The van der Waals surface area contributed by atoms with Crippen LogP contribution in [0, 0.1) is 0 Å². The molecule has 0 atom stereocenters. The first-order valence-electron chi connectivity index (χ1n) is 5.96. The fourth-order valence-electron chi connectivity index (χ4n) is 2.07. The third-order valence-electron chi connectivity index (χ3n) is 3.09. The summed E-state index contributed by atoms with van der Waals surface area (Å²) in [6.45, 7) is 0. The average Bonchev–Trinajstić information content (AvgIpc) is 2.64. The summed E-state index contributed by atoms with van der Waals surface area (Å²) in [6.07, 6.45) is 0. The fraction of sp³-hybridized carbons (Fsp3) is 0.0667. The van der Waals surface area contributed by atoms with E-state index in [9.17, 15) is 9.59 Å². The molecule has 0 aliphatic carbocycles. The first kappa shape index (κ1) is 13.2. The second kappa shape index (κ2) is 4.96. The summed E-state index contributed by atoms with van der Waals surface area (Å²) in [7, 11) is 1.49. The molecule has 2 amide bonds. The van der Waals surface area contributed by atoms with Crippen molar-refractivity contribution in [2.75, 3.05) is 7.05 Å². The lowest BCUT2D eigenvalue weighted by molar-refractivity contribution is 0.0693. The van der Waals surface area contributed by atoms with E-state index in [4.69, 9.17) is 11.6 Å². The van der Waals surface area contributed by atoms with Crippen LogP contribution >= 0.6 is 23.4 Å². The van der Waals surface area contributed by atoms with Gasteiger partial charge in [0, 0.05) is 21.9 Å². The van der Waals surface area contributed by atoms with Crippen LogP contribution in [-0.2, 0) is 0 Å². The smallest absolute Gasteiger partial charge is 0.261 e. The van der Waals surface area contributed by atoms with Gasteiger partial charge in [0.15, 0.2) is 0 Å². The van der Waals surface area contributed by atoms with Gasteiger partial charge >= 0.3 is 0 Å². The molecule has 0 saturated carbocycles. The summed E-state index contributed by atoms with van der Waals surface area (Å²) in [5.74, 6) is -0.497. The van der Waals surface area contributed by atoms with Crippen molar-refractivity contribution in [3.63, 3.8) is 0 Å². The summed E-state index contributed by atoms with van der Waals surface area (Å²) >= 11 is 7.45. The van der Waals surface area contributed by atoms with Crippen LogP contribution in [0.25, 0.3) is 0 Å². The number of rotatable bonds is 2. The first-order valence-corrected chi connectivity index (χ1v) is 7.15. The van der Waals surface area contributed by atoms with Gasteiger partial charge in [0.2, 0.25) is 0 Å². The van der Waals surface area contributed by atoms with Gasteiger partial charge in [0.05, 0.1) is 11.1 Å². The Morgan fingerprint density at radius 2 is 1.65 bits per heavy atom. The highest BCUT2D eigenvalue weighted by molar-refractivity contribution is 7.99. The fourth-order valence-corrected chi connectivity index (χ4v) is 3.24. The van der Waals surface area contributed by atoms with Gasteiger partial charge in [-0.2, -0.15) is 0 Å². The third-order valence-corrected chi connectivity index (χ3v) is 4.31. The number of benzene rings is 2. The van der Waals surface area contributed by atoms with Gasteiger partial charge in [-0.05, 0) is 36.4 Å². The van der Waals surface area contributed by atoms with Gasteiger partial charge in [-0.1, -0.05) is 29.4 Å². The van der Waals surface area contributed by atoms with Crippen molar-refractivity contribution in [2.24, 2.45) is 0 Å². The number of halogens is 1. The minimum atomic E-state index is -0.251. The molecule has 1 heterocycles. The molecule has 20 heavy (non-hydrogen) atoms. The van der Waals surface area contributed by atoms with Crippen LogP contribution in [0.3, 0.4) is 0 Å². The van der Waals surface area contributed by atoms with Crippen molar-refractivity contribution in [1.82, 2.24) is 4.90 Å². The van der Waals surface area contributed by atoms with Crippen molar-refractivity contribution in [3.05, 3.63) is 58.6 Å². The monoisotopic (exact) mass is 303 g/mol. The maximum atomic E-state index is 11.9. The van der Waals surface area contributed by atoms with Crippen molar-refractivity contribution >= 4 is 35.2 Å². The second-order valence-electron chi connectivity index (χ2n) is 4.44. The zero-order valence-corrected chi connectivity index (χ0v) is 12.2. The van der Waals surface area contributed by atoms with E-state index in [1.54, 1.807) is 12.1 Å². The molecule has 1 aliphatic rings. The highest BCUT2D eigenvalue weighted by Gasteiger charge is 2.32. The molecule has 0 saturated heterocycles. The lowest BCUT2D eigenvalue weighted by Gasteiger charge is -2.03. The Hall–Kier alpha value is -1.78. The molecular formula is C15H10ClNO2S. The first-order chi connectivity index (χ1) is 9.56. The predicted molar refractivity (Wildman–Crippen MR) is 78.4 cm³/mol. The Labute approximate surface area is 125 Å². The van der Waals surface area contributed by atoms with E-state index in [-0.39, 0.29) is 11.8 Å². The molecule has 5 heteroatoms. The van der Waals surface area contributed by atoms with Crippen LogP contribution in [0.5, 0.6) is 0 Å². The van der Waals surface area contributed by atoms with E-state index >= 15 is 0 Å². The van der Waals surface area contributed by atoms with Crippen LogP contribution in [-0.4, -0.2) is 23.8 Å². The highest BCUT2D eigenvalue weighted by Crippen LogP contribution is 2.32. The van der Waals surface area contributed by atoms with E-state index in [2.05, 4.69) is 0 Å². The minimum Gasteiger partial charge on any atom is -0.277 e. The Morgan fingerprint density at radius 3 is 2.40 bits per heavy atom. The van der Waals surface area contributed by atoms with Gasteiger partial charge < -0.3 is 0 Å². The topological polar surface area (TPSA) is 37.4 Å². The van der Waals surface area contributed by atoms with Crippen molar-refractivity contribution in [3.8, 4) is 0 Å². The Bertz CT molecular complexity index is 730. The molecule has 0 spiro atoms. The number of hydrogen-bond donors (Lipinski definition) is 0. The van der Waals surface area contributed by atoms with Crippen LogP contribution in [0.1, 0.15) is 20.7 Å². The highest BCUT2D eigenvalue weighted by atomic mass is 35.5. The van der Waals surface area contributed by atoms with E-state index in [1.807, 2.05) is 30.3 Å². The molecule has 1 aliphatic heterocycles. The zero-order chi connectivity index (χ0) is 14.3. The molecule has 3 nitrogen and oxygen atoms in total. The Morgan fingerprint density at radius 1 is 0.950 bits per heavy atom. The molecule has 0 N–H and O–H groups in total. The SMILES string of the molecule is CN1C(=O)c2ccc(Sc3cccc(Cl)c3)cc2C1=O. The van der Waals surface area contributed by atoms with Crippen LogP contribution in [0.4, 0.5) is 0 Å². The van der Waals surface area contributed by atoms with Crippen molar-refractivity contribution in [2.45, 2.75) is 9.79 Å². The molecular weight excluding hydrogens is 294 g/mol. The van der Waals surface area contributed by atoms with Crippen LogP contribution in [0.2, 0.25) is 5.02 Å². The number of imide groups is 1. The number of carbonyl (C=O) groups excluding carboxylic acids is 2. The number of nitrogens with zero attached hydrogens (tertiary/aromatic N) is 1. The molecule has 2 aromatic rings. The third kappa shape index (κ3) is 2.21. The summed E-state index contributed by atoms with van der Waals surface area (Å²) in [5.41, 5.74) is 0.928. The molecule has 100 valence electrons. The molecule has 0 fully saturated rings. The Kier molecular flexibility index (Phi) is 3.28. The lowest BCUT2D eigenvalue weighted by atomic mass is 10.1. The molecule has 0 aromatic heterocycles. The molecule has 3 rings (SSSR count). The quantitative estimate of drug-likeness (QED) is 0.794. The van der Waals surface area contributed by atoms with E-state index in [0.29, 0.717) is 16.1 Å². The number of hydrogen-bond acceptors (Lipinski definition) is 3. The van der Waals surface area contributed by atoms with Gasteiger partial charge in [-0.3, -0.25) is 14.5 Å². The van der Waals surface area contributed by atoms with Crippen LogP contribution < -0.4 is 0 Å². The standard InChI is InChI=1S/C15H10ClNO2S/c1-17-14(18)12-6-5-11(8-13(12)15(17)19)20-10-4-2-3-9(16)7-10/h2-8H,1H3. The molecule has 0 bridgehead atoms. The largest absolute Gasteiger partial charge is 0.277 e. The summed E-state index contributed by atoms with van der Waals surface area (Å²) in [5, 5.41) is 0.669. The molecule has 0 radical (unpaired) electrons. The normalized spacial score (nSPS) is 13.8. The average molecular weight is 304 g/mol. The van der Waals surface area contributed by atoms with E-state index in [0.717, 1.165) is 14.7 Å². The van der Waals surface area contributed by atoms with Gasteiger partial charge in [-0.25, -0.2) is 0 Å². The van der Waals surface area contributed by atoms with Crippen LogP contribution in [0.15, 0.2) is 52.3 Å². The summed E-state index contributed by atoms with van der Waals surface area (Å²) in [6, 6.07) is 12.8. The summed E-state index contributed by atoms with van der Waals surface area (Å²) < 4.78 is 0. The summed E-state index contributed by atoms with van der Waals surface area (Å²) in [4.78, 5) is 26.8. The van der Waals surface area contributed by atoms with E-state index in [1.165, 1.54) is 18.8 Å². The van der Waals surface area contributed by atoms with Gasteiger partial charge in [-0.15, -0.1) is 0 Å². The molecule has 0 unspecified atom stereocenters. The lowest BCUT2D eigenvalue weighted by Crippen LogP contribution is -2.24. The number of amides is 2. The predicted octanol–water partition coefficient (Wildman–Crippen LogP) is 3.72. The van der Waals surface area contributed by atoms with Gasteiger partial charge in [0.1, 0.15) is 0 Å². The zero-order valence-electron chi connectivity index (χ0n) is 10.6. The molecule has 2 aromatic carbocycles. The maximum Gasteiger partial charge on any atom is 0.261 e. The number of carbonyl (C=O) groups is 2. The number of fused-ring (bicyclic) bond motifs is 1. The van der Waals surface area contributed by atoms with Crippen molar-refractivity contribution < 1.29 is 9.59 Å². The Balaban J connectivity index is 1.95. The minimum absolute atomic E-state index is 0.246. The maximum absolute atomic E-state index is 11.9. The van der Waals surface area contributed by atoms with E-state index < -0.39 is 0 Å². The van der Waals surface area contributed by atoms with Crippen molar-refractivity contribution in [1.29, 1.82) is 0 Å². The van der Waals surface area contributed by atoms with Gasteiger partial charge in [0.25, 0.3) is 11.8 Å².